The minimum atomic E-state index is 0.559. The highest BCUT2D eigenvalue weighted by Crippen LogP contribution is 2.21. The summed E-state index contributed by atoms with van der Waals surface area (Å²) in [5.41, 5.74) is 1.19. The predicted molar refractivity (Wildman–Crippen MR) is 79.7 cm³/mol. The summed E-state index contributed by atoms with van der Waals surface area (Å²) in [5, 5.41) is 3.19. The molecule has 0 aromatic heterocycles. The first-order chi connectivity index (χ1) is 9.33. The zero-order valence-electron chi connectivity index (χ0n) is 10.3. The summed E-state index contributed by atoms with van der Waals surface area (Å²) in [6.07, 6.45) is 0. The summed E-state index contributed by atoms with van der Waals surface area (Å²) in [6.45, 7) is 0.559. The number of rotatable bonds is 3. The van der Waals surface area contributed by atoms with E-state index in [9.17, 15) is 0 Å². The van der Waals surface area contributed by atoms with Crippen LogP contribution in [-0.4, -0.2) is 0 Å². The van der Waals surface area contributed by atoms with Gasteiger partial charge in [-0.1, -0.05) is 54.1 Å². The second kappa shape index (κ2) is 5.33. The second-order valence-electron chi connectivity index (χ2n) is 4.38. The van der Waals surface area contributed by atoms with Crippen LogP contribution in [0.1, 0.15) is 5.56 Å². The fourth-order valence-electron chi connectivity index (χ4n) is 2.11. The lowest BCUT2D eigenvalue weighted by Gasteiger charge is -2.09. The van der Waals surface area contributed by atoms with E-state index < -0.39 is 0 Å². The Morgan fingerprint density at radius 3 is 2.37 bits per heavy atom. The van der Waals surface area contributed by atoms with Gasteiger partial charge in [-0.25, -0.2) is 0 Å². The van der Waals surface area contributed by atoms with E-state index in [0.29, 0.717) is 6.61 Å². The highest BCUT2D eigenvalue weighted by Gasteiger charge is 2.01. The largest absolute Gasteiger partial charge is 0.489 e. The quantitative estimate of drug-likeness (QED) is 0.644. The zero-order chi connectivity index (χ0) is 13.1. The van der Waals surface area contributed by atoms with Crippen LogP contribution in [0.5, 0.6) is 5.75 Å². The molecule has 0 aliphatic carbocycles. The summed E-state index contributed by atoms with van der Waals surface area (Å²) in [7, 11) is 0. The van der Waals surface area contributed by atoms with E-state index in [-0.39, 0.29) is 0 Å². The maximum Gasteiger partial charge on any atom is 0.119 e. The van der Waals surface area contributed by atoms with Gasteiger partial charge in [-0.2, -0.15) is 0 Å². The van der Waals surface area contributed by atoms with Crippen LogP contribution < -0.4 is 4.74 Å². The average Bonchev–Trinajstić information content (AvgIpc) is 2.47. The van der Waals surface area contributed by atoms with Gasteiger partial charge in [0.1, 0.15) is 12.4 Å². The van der Waals surface area contributed by atoms with E-state index in [0.717, 1.165) is 10.8 Å². The van der Waals surface area contributed by atoms with Crippen molar-refractivity contribution in [3.63, 3.8) is 0 Å². The number of hydrogen-bond acceptors (Lipinski definition) is 1. The minimum Gasteiger partial charge on any atom is -0.489 e. The maximum absolute atomic E-state index is 5.85. The smallest absolute Gasteiger partial charge is 0.119 e. The predicted octanol–water partition coefficient (Wildman–Crippen LogP) is 5.07. The summed E-state index contributed by atoms with van der Waals surface area (Å²) < 4.78 is 5.80. The third-order valence-corrected chi connectivity index (χ3v) is 3.34. The first kappa shape index (κ1) is 12.1. The van der Waals surface area contributed by atoms with Crippen molar-refractivity contribution in [3.8, 4) is 5.75 Å². The van der Waals surface area contributed by atoms with Crippen molar-refractivity contribution in [2.75, 3.05) is 0 Å². The fraction of sp³-hybridized carbons (Fsp3) is 0.0588. The van der Waals surface area contributed by atoms with Crippen molar-refractivity contribution in [3.05, 3.63) is 77.3 Å². The molecule has 0 bridgehead atoms. The minimum absolute atomic E-state index is 0.559. The van der Waals surface area contributed by atoms with Crippen molar-refractivity contribution in [2.45, 2.75) is 6.61 Å². The van der Waals surface area contributed by atoms with Gasteiger partial charge < -0.3 is 4.74 Å². The molecule has 3 aromatic carbocycles. The van der Waals surface area contributed by atoms with E-state index >= 15 is 0 Å². The number of ether oxygens (including phenoxy) is 1. The molecular weight excluding hydrogens is 256 g/mol. The number of benzene rings is 3. The summed E-state index contributed by atoms with van der Waals surface area (Å²) in [4.78, 5) is 0. The molecule has 0 saturated carbocycles. The highest BCUT2D eigenvalue weighted by molar-refractivity contribution is 6.30. The molecule has 0 heterocycles. The Balaban J connectivity index is 1.84. The number of hydrogen-bond donors (Lipinski definition) is 0. The Kier molecular flexibility index (Phi) is 3.39. The van der Waals surface area contributed by atoms with Crippen molar-refractivity contribution in [1.82, 2.24) is 0 Å². The number of fused-ring (bicyclic) bond motifs is 1. The SMILES string of the molecule is Clc1ccc(OCc2cccc3ccccc23)cc1. The molecule has 94 valence electrons. The van der Waals surface area contributed by atoms with Crippen molar-refractivity contribution in [2.24, 2.45) is 0 Å². The van der Waals surface area contributed by atoms with Crippen molar-refractivity contribution in [1.29, 1.82) is 0 Å². The lowest BCUT2D eigenvalue weighted by molar-refractivity contribution is 0.307. The molecule has 1 nitrogen and oxygen atoms in total. The molecule has 0 aliphatic heterocycles. The molecule has 19 heavy (non-hydrogen) atoms. The second-order valence-corrected chi connectivity index (χ2v) is 4.82. The summed E-state index contributed by atoms with van der Waals surface area (Å²) in [6, 6.07) is 22.0. The molecule has 3 rings (SSSR count). The standard InChI is InChI=1S/C17H13ClO/c18-15-8-10-16(11-9-15)19-12-14-6-3-5-13-4-1-2-7-17(13)14/h1-11H,12H2. The van der Waals surface area contributed by atoms with Gasteiger partial charge in [-0.15, -0.1) is 0 Å². The van der Waals surface area contributed by atoms with E-state index in [4.69, 9.17) is 16.3 Å². The number of halogens is 1. The lowest BCUT2D eigenvalue weighted by atomic mass is 10.1. The van der Waals surface area contributed by atoms with Crippen LogP contribution in [0.15, 0.2) is 66.7 Å². The average molecular weight is 269 g/mol. The molecule has 3 aromatic rings. The monoisotopic (exact) mass is 268 g/mol. The van der Waals surface area contributed by atoms with E-state index in [1.807, 2.05) is 36.4 Å². The normalized spacial score (nSPS) is 10.6. The first-order valence-corrected chi connectivity index (χ1v) is 6.56. The van der Waals surface area contributed by atoms with Gasteiger partial charge in [0.25, 0.3) is 0 Å². The summed E-state index contributed by atoms with van der Waals surface area (Å²) >= 11 is 5.85. The lowest BCUT2D eigenvalue weighted by Crippen LogP contribution is -1.96. The van der Waals surface area contributed by atoms with Crippen LogP contribution in [0.25, 0.3) is 10.8 Å². The molecule has 0 unspecified atom stereocenters. The molecule has 2 heteroatoms. The van der Waals surface area contributed by atoms with Crippen molar-refractivity contribution >= 4 is 22.4 Å². The third kappa shape index (κ3) is 2.72. The molecule has 0 aliphatic rings. The zero-order valence-corrected chi connectivity index (χ0v) is 11.1. The van der Waals surface area contributed by atoms with Gasteiger partial charge in [-0.3, -0.25) is 0 Å². The molecule has 0 atom stereocenters. The van der Waals surface area contributed by atoms with Gasteiger partial charge in [0.05, 0.1) is 0 Å². The van der Waals surface area contributed by atoms with Gasteiger partial charge in [0, 0.05) is 5.02 Å². The molecule has 0 N–H and O–H groups in total. The fourth-order valence-corrected chi connectivity index (χ4v) is 2.24. The third-order valence-electron chi connectivity index (χ3n) is 3.09. The van der Waals surface area contributed by atoms with Crippen LogP contribution >= 0.6 is 11.6 Å². The summed E-state index contributed by atoms with van der Waals surface area (Å²) in [5.74, 6) is 0.831. The van der Waals surface area contributed by atoms with Crippen molar-refractivity contribution < 1.29 is 4.74 Å². The Morgan fingerprint density at radius 1 is 0.789 bits per heavy atom. The van der Waals surface area contributed by atoms with E-state index in [2.05, 4.69) is 30.3 Å². The van der Waals surface area contributed by atoms with Crippen LogP contribution in [-0.2, 0) is 6.61 Å². The van der Waals surface area contributed by atoms with Gasteiger partial charge in [0.15, 0.2) is 0 Å². The Bertz CT molecular complexity index is 684. The van der Waals surface area contributed by atoms with Gasteiger partial charge >= 0.3 is 0 Å². The molecule has 0 amide bonds. The molecule has 0 saturated heterocycles. The molecule has 0 spiro atoms. The topological polar surface area (TPSA) is 9.23 Å². The van der Waals surface area contributed by atoms with Gasteiger partial charge in [-0.05, 0) is 40.6 Å². The van der Waals surface area contributed by atoms with Crippen LogP contribution in [0, 0.1) is 0 Å². The Morgan fingerprint density at radius 2 is 1.53 bits per heavy atom. The Labute approximate surface area is 117 Å². The van der Waals surface area contributed by atoms with Crippen LogP contribution in [0.2, 0.25) is 5.02 Å². The van der Waals surface area contributed by atoms with Crippen LogP contribution in [0.4, 0.5) is 0 Å². The van der Waals surface area contributed by atoms with Crippen LogP contribution in [0.3, 0.4) is 0 Å². The first-order valence-electron chi connectivity index (χ1n) is 6.18. The molecule has 0 radical (unpaired) electrons. The van der Waals surface area contributed by atoms with E-state index in [1.165, 1.54) is 16.3 Å². The van der Waals surface area contributed by atoms with E-state index in [1.54, 1.807) is 0 Å². The Hall–Kier alpha value is -1.99. The molecular formula is C17H13ClO. The maximum atomic E-state index is 5.85. The molecule has 0 fully saturated rings. The highest BCUT2D eigenvalue weighted by atomic mass is 35.5. The van der Waals surface area contributed by atoms with Gasteiger partial charge in [0.2, 0.25) is 0 Å².